The fourth-order valence-corrected chi connectivity index (χ4v) is 2.13. The first-order valence-corrected chi connectivity index (χ1v) is 6.07. The minimum absolute atomic E-state index is 0.286. The number of hydrogen-bond acceptors (Lipinski definition) is 1. The minimum Gasteiger partial charge on any atom is -0.388 e. The molecule has 15 heavy (non-hydrogen) atoms. The van der Waals surface area contributed by atoms with Crippen LogP contribution in [0.1, 0.15) is 44.3 Å². The molecular weight excluding hydrogens is 259 g/mol. The fourth-order valence-electron chi connectivity index (χ4n) is 1.51. The van der Waals surface area contributed by atoms with Gasteiger partial charge in [0.2, 0.25) is 0 Å². The van der Waals surface area contributed by atoms with E-state index in [1.807, 2.05) is 0 Å². The maximum absolute atomic E-state index is 12.8. The molecule has 1 unspecified atom stereocenters. The lowest BCUT2D eigenvalue weighted by Gasteiger charge is -2.12. The average molecular weight is 275 g/mol. The Hall–Kier alpha value is -0.410. The van der Waals surface area contributed by atoms with Gasteiger partial charge < -0.3 is 5.11 Å². The van der Waals surface area contributed by atoms with Crippen molar-refractivity contribution in [2.75, 3.05) is 0 Å². The highest BCUT2D eigenvalue weighted by molar-refractivity contribution is 9.10. The van der Waals surface area contributed by atoms with Crippen LogP contribution in [0.4, 0.5) is 4.39 Å². The van der Waals surface area contributed by atoms with Gasteiger partial charge in [0.25, 0.3) is 0 Å². The van der Waals surface area contributed by atoms with Gasteiger partial charge in [-0.25, -0.2) is 4.39 Å². The second-order valence-corrected chi connectivity index (χ2v) is 4.53. The van der Waals surface area contributed by atoms with Crippen LogP contribution in [0.2, 0.25) is 0 Å². The van der Waals surface area contributed by atoms with E-state index in [-0.39, 0.29) is 5.82 Å². The molecule has 0 aliphatic heterocycles. The van der Waals surface area contributed by atoms with Crippen molar-refractivity contribution in [3.05, 3.63) is 34.1 Å². The Bertz CT molecular complexity index is 314. The summed E-state index contributed by atoms with van der Waals surface area (Å²) in [6, 6.07) is 4.40. The normalized spacial score (nSPS) is 12.8. The van der Waals surface area contributed by atoms with Crippen LogP contribution in [0.3, 0.4) is 0 Å². The van der Waals surface area contributed by atoms with Gasteiger partial charge in [0.1, 0.15) is 5.82 Å². The molecular formula is C12H16BrFO. The van der Waals surface area contributed by atoms with Gasteiger partial charge in [0.15, 0.2) is 0 Å². The van der Waals surface area contributed by atoms with E-state index in [4.69, 9.17) is 0 Å². The zero-order chi connectivity index (χ0) is 11.3. The molecule has 1 aromatic rings. The average Bonchev–Trinajstić information content (AvgIpc) is 2.17. The predicted octanol–water partition coefficient (Wildman–Crippen LogP) is 4.20. The molecule has 1 atom stereocenters. The lowest BCUT2D eigenvalue weighted by atomic mass is 10.0. The Morgan fingerprint density at radius 1 is 1.40 bits per heavy atom. The number of rotatable bonds is 5. The van der Waals surface area contributed by atoms with Crippen LogP contribution in [0.5, 0.6) is 0 Å². The first-order chi connectivity index (χ1) is 7.15. The van der Waals surface area contributed by atoms with Gasteiger partial charge in [-0.15, -0.1) is 0 Å². The van der Waals surface area contributed by atoms with Gasteiger partial charge in [-0.2, -0.15) is 0 Å². The highest BCUT2D eigenvalue weighted by Crippen LogP contribution is 2.27. The molecule has 0 aliphatic rings. The molecule has 0 fully saturated rings. The van der Waals surface area contributed by atoms with Gasteiger partial charge in [-0.1, -0.05) is 48.2 Å². The van der Waals surface area contributed by atoms with E-state index in [9.17, 15) is 9.50 Å². The van der Waals surface area contributed by atoms with E-state index in [1.165, 1.54) is 12.1 Å². The van der Waals surface area contributed by atoms with Crippen molar-refractivity contribution in [3.63, 3.8) is 0 Å². The molecule has 0 amide bonds. The topological polar surface area (TPSA) is 20.2 Å². The highest BCUT2D eigenvalue weighted by atomic mass is 79.9. The van der Waals surface area contributed by atoms with Crippen molar-refractivity contribution in [2.45, 2.75) is 38.7 Å². The predicted molar refractivity (Wildman–Crippen MR) is 63.2 cm³/mol. The summed E-state index contributed by atoms with van der Waals surface area (Å²) >= 11 is 3.26. The van der Waals surface area contributed by atoms with Crippen LogP contribution < -0.4 is 0 Å². The molecule has 0 saturated carbocycles. The summed E-state index contributed by atoms with van der Waals surface area (Å²) in [5.41, 5.74) is 0.771. The Balaban J connectivity index is 2.61. The summed E-state index contributed by atoms with van der Waals surface area (Å²) in [6.07, 6.45) is 3.50. The van der Waals surface area contributed by atoms with E-state index in [0.29, 0.717) is 4.47 Å². The van der Waals surface area contributed by atoms with E-state index in [0.717, 1.165) is 31.2 Å². The first-order valence-electron chi connectivity index (χ1n) is 5.28. The lowest BCUT2D eigenvalue weighted by Crippen LogP contribution is -1.98. The number of aliphatic hydroxyl groups excluding tert-OH is 1. The third-order valence-corrected chi connectivity index (χ3v) is 3.09. The van der Waals surface area contributed by atoms with Crippen LogP contribution in [0, 0.1) is 5.82 Å². The minimum atomic E-state index is -0.494. The molecule has 0 bridgehead atoms. The van der Waals surface area contributed by atoms with Crippen LogP contribution in [0.15, 0.2) is 22.7 Å². The van der Waals surface area contributed by atoms with E-state index in [1.54, 1.807) is 6.07 Å². The molecule has 3 heteroatoms. The Morgan fingerprint density at radius 3 is 2.73 bits per heavy atom. The maximum Gasteiger partial charge on any atom is 0.124 e. The van der Waals surface area contributed by atoms with Gasteiger partial charge in [0, 0.05) is 4.47 Å². The summed E-state index contributed by atoms with van der Waals surface area (Å²) in [4.78, 5) is 0. The number of benzene rings is 1. The smallest absolute Gasteiger partial charge is 0.124 e. The van der Waals surface area contributed by atoms with Crippen LogP contribution in [-0.4, -0.2) is 5.11 Å². The summed E-state index contributed by atoms with van der Waals surface area (Å²) in [5, 5.41) is 9.87. The van der Waals surface area contributed by atoms with Crippen molar-refractivity contribution in [3.8, 4) is 0 Å². The van der Waals surface area contributed by atoms with E-state index < -0.39 is 6.10 Å². The third kappa shape index (κ3) is 3.92. The summed E-state index contributed by atoms with van der Waals surface area (Å²) < 4.78 is 13.5. The van der Waals surface area contributed by atoms with Crippen molar-refractivity contribution in [2.24, 2.45) is 0 Å². The van der Waals surface area contributed by atoms with Crippen molar-refractivity contribution < 1.29 is 9.50 Å². The van der Waals surface area contributed by atoms with Crippen LogP contribution >= 0.6 is 15.9 Å². The fraction of sp³-hybridized carbons (Fsp3) is 0.500. The number of hydrogen-bond donors (Lipinski definition) is 1. The largest absolute Gasteiger partial charge is 0.388 e. The molecule has 0 heterocycles. The molecule has 0 radical (unpaired) electrons. The molecule has 1 N–H and O–H groups in total. The molecule has 1 rings (SSSR count). The summed E-state index contributed by atoms with van der Waals surface area (Å²) in [6.45, 7) is 2.13. The van der Waals surface area contributed by atoms with Gasteiger partial charge in [-0.05, 0) is 24.1 Å². The number of unbranched alkanes of at least 4 members (excludes halogenated alkanes) is 2. The van der Waals surface area contributed by atoms with Gasteiger partial charge in [-0.3, -0.25) is 0 Å². The van der Waals surface area contributed by atoms with Gasteiger partial charge in [0.05, 0.1) is 6.10 Å². The summed E-state index contributed by atoms with van der Waals surface area (Å²) in [5.74, 6) is -0.286. The zero-order valence-corrected chi connectivity index (χ0v) is 10.4. The van der Waals surface area contributed by atoms with Crippen molar-refractivity contribution in [1.82, 2.24) is 0 Å². The van der Waals surface area contributed by atoms with Crippen LogP contribution in [0.25, 0.3) is 0 Å². The molecule has 0 saturated heterocycles. The Kier molecular flexibility index (Phi) is 5.26. The van der Waals surface area contributed by atoms with Crippen molar-refractivity contribution in [1.29, 1.82) is 0 Å². The zero-order valence-electron chi connectivity index (χ0n) is 8.84. The lowest BCUT2D eigenvalue weighted by molar-refractivity contribution is 0.163. The molecule has 1 aromatic carbocycles. The molecule has 84 valence electrons. The number of aliphatic hydroxyl groups is 1. The standard InChI is InChI=1S/C12H16BrFO/c1-2-3-4-5-12(15)10-7-6-9(14)8-11(10)13/h6-8,12,15H,2-5H2,1H3. The molecule has 1 nitrogen and oxygen atoms in total. The van der Waals surface area contributed by atoms with Crippen molar-refractivity contribution >= 4 is 15.9 Å². The molecule has 0 spiro atoms. The van der Waals surface area contributed by atoms with E-state index in [2.05, 4.69) is 22.9 Å². The van der Waals surface area contributed by atoms with E-state index >= 15 is 0 Å². The number of halogens is 2. The maximum atomic E-state index is 12.8. The summed E-state index contributed by atoms with van der Waals surface area (Å²) in [7, 11) is 0. The Labute approximate surface area is 98.4 Å². The monoisotopic (exact) mass is 274 g/mol. The highest BCUT2D eigenvalue weighted by Gasteiger charge is 2.11. The SMILES string of the molecule is CCCCCC(O)c1ccc(F)cc1Br. The van der Waals surface area contributed by atoms with Crippen LogP contribution in [-0.2, 0) is 0 Å². The first kappa shape index (κ1) is 12.7. The quantitative estimate of drug-likeness (QED) is 0.798. The molecule has 0 aromatic heterocycles. The second-order valence-electron chi connectivity index (χ2n) is 3.68. The second kappa shape index (κ2) is 6.23. The molecule has 0 aliphatic carbocycles. The van der Waals surface area contributed by atoms with Gasteiger partial charge >= 0.3 is 0 Å². The Morgan fingerprint density at radius 2 is 2.13 bits per heavy atom. The third-order valence-electron chi connectivity index (χ3n) is 2.40.